The predicted molar refractivity (Wildman–Crippen MR) is 54.5 cm³/mol. The van der Waals surface area contributed by atoms with Crippen molar-refractivity contribution in [1.82, 2.24) is 5.16 Å². The lowest BCUT2D eigenvalue weighted by atomic mass is 10.4. The maximum absolute atomic E-state index is 12.9. The van der Waals surface area contributed by atoms with Crippen LogP contribution < -0.4 is 5.50 Å². The molecule has 0 N–H and O–H groups in total. The molecule has 0 amide bonds. The fourth-order valence-corrected chi connectivity index (χ4v) is 6.04. The molecule has 0 atom stereocenters. The first-order valence-corrected chi connectivity index (χ1v) is 7.08. The van der Waals surface area contributed by atoms with E-state index in [2.05, 4.69) is 5.16 Å². The molecule has 3 rings (SSSR count). The summed E-state index contributed by atoms with van der Waals surface area (Å²) in [5.74, 6) is 0. The lowest BCUT2D eigenvalue weighted by molar-refractivity contribution is 0.440. The van der Waals surface area contributed by atoms with Crippen molar-refractivity contribution in [2.75, 3.05) is 0 Å². The number of hydrogen-bond acceptors (Lipinski definition) is 3. The number of aromatic nitrogens is 1. The van der Waals surface area contributed by atoms with Gasteiger partial charge in [-0.05, 0) is 32.6 Å². The molecule has 76 valence electrons. The Hall–Kier alpha value is -0.560. The Morgan fingerprint density at radius 3 is 2.29 bits per heavy atom. The summed E-state index contributed by atoms with van der Waals surface area (Å²) in [6.45, 7) is 1.95. The monoisotopic (exact) mass is 211 g/mol. The Morgan fingerprint density at radius 1 is 1.36 bits per heavy atom. The second-order valence-corrected chi connectivity index (χ2v) is 7.77. The highest BCUT2D eigenvalue weighted by atomic mass is 31.2. The number of hydrogen-bond donors (Lipinski definition) is 0. The van der Waals surface area contributed by atoms with Gasteiger partial charge in [-0.2, -0.15) is 0 Å². The summed E-state index contributed by atoms with van der Waals surface area (Å²) in [5, 5.41) is 3.76. The molecule has 0 saturated heterocycles. The van der Waals surface area contributed by atoms with Gasteiger partial charge in [0.15, 0.2) is 12.6 Å². The Morgan fingerprint density at radius 2 is 1.93 bits per heavy atom. The van der Waals surface area contributed by atoms with E-state index >= 15 is 0 Å². The maximum atomic E-state index is 12.9. The first-order chi connectivity index (χ1) is 6.73. The maximum Gasteiger partial charge on any atom is 0.198 e. The molecule has 1 aromatic rings. The Kier molecular flexibility index (Phi) is 1.70. The van der Waals surface area contributed by atoms with Crippen molar-refractivity contribution in [3.8, 4) is 0 Å². The van der Waals surface area contributed by atoms with Crippen molar-refractivity contribution in [3.05, 3.63) is 11.8 Å². The van der Waals surface area contributed by atoms with Crippen LogP contribution in [0.4, 0.5) is 0 Å². The van der Waals surface area contributed by atoms with E-state index in [1.54, 1.807) is 6.20 Å². The van der Waals surface area contributed by atoms with Crippen molar-refractivity contribution in [2.45, 2.75) is 43.9 Å². The highest BCUT2D eigenvalue weighted by molar-refractivity contribution is 7.73. The van der Waals surface area contributed by atoms with Gasteiger partial charge in [-0.15, -0.1) is 0 Å². The van der Waals surface area contributed by atoms with Crippen LogP contribution in [0.2, 0.25) is 0 Å². The highest BCUT2D eigenvalue weighted by Crippen LogP contribution is 2.69. The van der Waals surface area contributed by atoms with Gasteiger partial charge in [0.25, 0.3) is 0 Å². The third kappa shape index (κ3) is 1.12. The van der Waals surface area contributed by atoms with Crippen LogP contribution in [0.3, 0.4) is 0 Å². The van der Waals surface area contributed by atoms with E-state index in [1.807, 2.05) is 6.92 Å². The average molecular weight is 211 g/mol. The number of rotatable bonds is 3. The molecule has 2 saturated carbocycles. The van der Waals surface area contributed by atoms with Gasteiger partial charge in [0, 0.05) is 16.9 Å². The van der Waals surface area contributed by atoms with Gasteiger partial charge in [0.05, 0.1) is 6.20 Å². The van der Waals surface area contributed by atoms with Gasteiger partial charge in [-0.1, -0.05) is 5.16 Å². The van der Waals surface area contributed by atoms with Crippen molar-refractivity contribution in [2.24, 2.45) is 0 Å². The van der Waals surface area contributed by atoms with Crippen LogP contribution in [0, 0.1) is 6.92 Å². The molecule has 1 heterocycles. The SMILES string of the molecule is Cc1cnoc1P(=O)(C1CC1)C1CC1. The van der Waals surface area contributed by atoms with Gasteiger partial charge in [0.1, 0.15) is 0 Å². The van der Waals surface area contributed by atoms with Crippen molar-refractivity contribution in [3.63, 3.8) is 0 Å². The molecular weight excluding hydrogens is 197 g/mol. The second kappa shape index (κ2) is 2.73. The van der Waals surface area contributed by atoms with Crippen molar-refractivity contribution < 1.29 is 9.09 Å². The standard InChI is InChI=1S/C10H14NO2P/c1-7-6-11-13-10(7)14(12,8-2-3-8)9-4-5-9/h6,8-9H,2-5H2,1H3. The number of nitrogens with zero attached hydrogens (tertiary/aromatic N) is 1. The quantitative estimate of drug-likeness (QED) is 0.720. The average Bonchev–Trinajstić information content (AvgIpc) is 3.00. The van der Waals surface area contributed by atoms with Gasteiger partial charge < -0.3 is 9.09 Å². The fourth-order valence-electron chi connectivity index (χ4n) is 2.17. The Balaban J connectivity index is 2.07. The Labute approximate surface area is 83.2 Å². The largest absolute Gasteiger partial charge is 0.353 e. The zero-order valence-electron chi connectivity index (χ0n) is 8.27. The lowest BCUT2D eigenvalue weighted by Gasteiger charge is -2.13. The van der Waals surface area contributed by atoms with Gasteiger partial charge in [-0.3, -0.25) is 0 Å². The van der Waals surface area contributed by atoms with E-state index in [4.69, 9.17) is 4.52 Å². The molecule has 0 bridgehead atoms. The van der Waals surface area contributed by atoms with Crippen LogP contribution in [0.1, 0.15) is 31.2 Å². The molecule has 0 unspecified atom stereocenters. The molecule has 1 aromatic heterocycles. The molecule has 2 aliphatic carbocycles. The zero-order chi connectivity index (χ0) is 9.76. The lowest BCUT2D eigenvalue weighted by Crippen LogP contribution is -2.12. The summed E-state index contributed by atoms with van der Waals surface area (Å²) in [6, 6.07) is 0. The van der Waals surface area contributed by atoms with Crippen molar-refractivity contribution in [1.29, 1.82) is 0 Å². The third-order valence-electron chi connectivity index (χ3n) is 3.22. The molecule has 4 heteroatoms. The normalized spacial score (nSPS) is 22.6. The first-order valence-electron chi connectivity index (χ1n) is 5.24. The summed E-state index contributed by atoms with van der Waals surface area (Å²) >= 11 is 0. The van der Waals surface area contributed by atoms with E-state index in [9.17, 15) is 4.57 Å². The van der Waals surface area contributed by atoms with E-state index in [0.29, 0.717) is 11.3 Å². The van der Waals surface area contributed by atoms with Crippen LogP contribution in [0.25, 0.3) is 0 Å². The minimum absolute atomic E-state index is 0.418. The van der Waals surface area contributed by atoms with Crippen LogP contribution in [0.15, 0.2) is 10.7 Å². The van der Waals surface area contributed by atoms with E-state index in [0.717, 1.165) is 36.7 Å². The van der Waals surface area contributed by atoms with E-state index < -0.39 is 7.14 Å². The van der Waals surface area contributed by atoms with E-state index in [1.165, 1.54) is 0 Å². The molecule has 0 spiro atoms. The topological polar surface area (TPSA) is 43.1 Å². The summed E-state index contributed by atoms with van der Waals surface area (Å²) in [7, 11) is -2.21. The van der Waals surface area contributed by atoms with Gasteiger partial charge in [0.2, 0.25) is 0 Å². The van der Waals surface area contributed by atoms with E-state index in [-0.39, 0.29) is 0 Å². The first kappa shape index (κ1) is 8.72. The molecule has 0 aromatic carbocycles. The van der Waals surface area contributed by atoms with Crippen LogP contribution in [-0.2, 0) is 4.57 Å². The number of aryl methyl sites for hydroxylation is 1. The predicted octanol–water partition coefficient (Wildman–Crippen LogP) is 2.30. The smallest absolute Gasteiger partial charge is 0.198 e. The molecule has 0 aliphatic heterocycles. The summed E-state index contributed by atoms with van der Waals surface area (Å²) in [4.78, 5) is 0. The van der Waals surface area contributed by atoms with Gasteiger partial charge >= 0.3 is 0 Å². The minimum atomic E-state index is -2.21. The summed E-state index contributed by atoms with van der Waals surface area (Å²) in [6.07, 6.45) is 6.16. The third-order valence-corrected chi connectivity index (χ3v) is 7.49. The molecule has 2 fully saturated rings. The van der Waals surface area contributed by atoms with Crippen LogP contribution in [-0.4, -0.2) is 16.5 Å². The van der Waals surface area contributed by atoms with Crippen molar-refractivity contribution >= 4 is 12.6 Å². The molecule has 14 heavy (non-hydrogen) atoms. The molecule has 0 radical (unpaired) electrons. The Bertz CT molecular complexity index is 388. The molecule has 2 aliphatic rings. The highest BCUT2D eigenvalue weighted by Gasteiger charge is 2.54. The minimum Gasteiger partial charge on any atom is -0.353 e. The van der Waals surface area contributed by atoms with Gasteiger partial charge in [-0.25, -0.2) is 0 Å². The summed E-state index contributed by atoms with van der Waals surface area (Å²) < 4.78 is 18.1. The van der Waals surface area contributed by atoms with Crippen LogP contribution in [0.5, 0.6) is 0 Å². The second-order valence-electron chi connectivity index (χ2n) is 4.49. The zero-order valence-corrected chi connectivity index (χ0v) is 9.17. The molecular formula is C10H14NO2P. The summed E-state index contributed by atoms with van der Waals surface area (Å²) in [5.41, 5.74) is 2.54. The fraction of sp³-hybridized carbons (Fsp3) is 0.700. The van der Waals surface area contributed by atoms with Crippen LogP contribution >= 0.6 is 7.14 Å². The molecule has 3 nitrogen and oxygen atoms in total.